The second kappa shape index (κ2) is 16.7. The van der Waals surface area contributed by atoms with Gasteiger partial charge in [0.15, 0.2) is 0 Å². The van der Waals surface area contributed by atoms with E-state index in [1.54, 1.807) is 0 Å². The number of para-hydroxylation sites is 6. The lowest BCUT2D eigenvalue weighted by Crippen LogP contribution is -1.96. The van der Waals surface area contributed by atoms with E-state index in [-0.39, 0.29) is 0 Å². The third kappa shape index (κ3) is 6.38. The van der Waals surface area contributed by atoms with Crippen molar-refractivity contribution in [3.8, 4) is 56.1 Å². The molecule has 0 atom stereocenters. The fraction of sp³-hybridized carbons (Fsp3) is 0. The highest BCUT2D eigenvalue weighted by atomic mass is 15.0. The molecule has 0 saturated carbocycles. The lowest BCUT2D eigenvalue weighted by Gasteiger charge is -2.13. The van der Waals surface area contributed by atoms with Crippen LogP contribution in [0.1, 0.15) is 0 Å². The second-order valence-electron chi connectivity index (χ2n) is 20.1. The van der Waals surface area contributed by atoms with Crippen molar-refractivity contribution in [2.75, 3.05) is 0 Å². The Labute approximate surface area is 438 Å². The lowest BCUT2D eigenvalue weighted by molar-refractivity contribution is 1.17. The third-order valence-electron chi connectivity index (χ3n) is 16.0. The molecule has 4 nitrogen and oxygen atoms in total. The van der Waals surface area contributed by atoms with Crippen LogP contribution in [-0.2, 0) is 0 Å². The smallest absolute Gasteiger partial charge is 0.0547 e. The maximum absolute atomic E-state index is 2.46. The van der Waals surface area contributed by atoms with Crippen LogP contribution in [0.4, 0.5) is 0 Å². The van der Waals surface area contributed by atoms with Crippen molar-refractivity contribution in [3.05, 3.63) is 279 Å². The van der Waals surface area contributed by atoms with E-state index in [0.717, 1.165) is 22.7 Å². The van der Waals surface area contributed by atoms with E-state index in [4.69, 9.17) is 0 Å². The van der Waals surface area contributed by atoms with Crippen LogP contribution >= 0.6 is 0 Å². The predicted octanol–water partition coefficient (Wildman–Crippen LogP) is 19.1. The quantitative estimate of drug-likeness (QED) is 0.152. The van der Waals surface area contributed by atoms with Crippen LogP contribution in [0, 0.1) is 0 Å². The molecule has 0 amide bonds. The summed E-state index contributed by atoms with van der Waals surface area (Å²) in [4.78, 5) is 0. The van der Waals surface area contributed by atoms with Crippen molar-refractivity contribution in [1.29, 1.82) is 0 Å². The SMILES string of the molecule is c1cc(-c2cccc(-n3c4ccccc4c4ccc(-c5cccc6c5c5ccccc5n6-c5ccc(-c6ccc(-n7c8ccccc8c8ccccc87)cc6)cc5)cc43)c2)cc(-n2c3ccccc3c3ccccc32)c1. The van der Waals surface area contributed by atoms with Gasteiger partial charge in [-0.15, -0.1) is 0 Å². The number of hydrogen-bond acceptors (Lipinski definition) is 0. The van der Waals surface area contributed by atoms with Crippen molar-refractivity contribution in [2.45, 2.75) is 0 Å². The third-order valence-corrected chi connectivity index (χ3v) is 16.0. The van der Waals surface area contributed by atoms with E-state index >= 15 is 0 Å². The van der Waals surface area contributed by atoms with Crippen LogP contribution in [0.2, 0.25) is 0 Å². The summed E-state index contributed by atoms with van der Waals surface area (Å²) < 4.78 is 9.66. The molecule has 16 rings (SSSR count). The summed E-state index contributed by atoms with van der Waals surface area (Å²) >= 11 is 0. The minimum Gasteiger partial charge on any atom is -0.309 e. The summed E-state index contributed by atoms with van der Waals surface area (Å²) in [5.41, 5.74) is 21.2. The molecule has 0 N–H and O–H groups in total. The Morgan fingerprint density at radius 3 is 0.961 bits per heavy atom. The van der Waals surface area contributed by atoms with Crippen molar-refractivity contribution in [2.24, 2.45) is 0 Å². The minimum absolute atomic E-state index is 1.13. The van der Waals surface area contributed by atoms with Gasteiger partial charge in [0.05, 0.1) is 44.1 Å². The van der Waals surface area contributed by atoms with E-state index in [9.17, 15) is 0 Å². The first kappa shape index (κ1) is 42.4. The summed E-state index contributed by atoms with van der Waals surface area (Å²) in [6.45, 7) is 0. The molecule has 0 bridgehead atoms. The van der Waals surface area contributed by atoms with Crippen LogP contribution in [-0.4, -0.2) is 18.3 Å². The molecule has 0 fully saturated rings. The molecule has 0 radical (unpaired) electrons. The summed E-state index contributed by atoms with van der Waals surface area (Å²) in [5.74, 6) is 0. The molecular formula is C72H46N4. The first-order valence-corrected chi connectivity index (χ1v) is 26.2. The molecule has 4 aromatic heterocycles. The van der Waals surface area contributed by atoms with Gasteiger partial charge >= 0.3 is 0 Å². The Balaban J connectivity index is 0.779. The summed E-state index contributed by atoms with van der Waals surface area (Å²) in [5, 5.41) is 10.0. The van der Waals surface area contributed by atoms with E-state index < -0.39 is 0 Å². The molecule has 4 heteroatoms. The molecule has 0 aliphatic rings. The van der Waals surface area contributed by atoms with Gasteiger partial charge in [0.1, 0.15) is 0 Å². The normalized spacial score (nSPS) is 11.9. The number of fused-ring (bicyclic) bond motifs is 12. The monoisotopic (exact) mass is 966 g/mol. The Morgan fingerprint density at radius 1 is 0.171 bits per heavy atom. The van der Waals surface area contributed by atoms with Gasteiger partial charge in [-0.25, -0.2) is 0 Å². The van der Waals surface area contributed by atoms with Crippen LogP contribution in [0.15, 0.2) is 279 Å². The standard InChI is InChI=1S/C72H46N4/c1-7-27-64-57(20-1)58-21-2-8-28-65(58)73(64)52-39-34-47(35-40-52)48-36-41-53(42-37-48)74-69-32-12-6-25-63(69)72-56(26-15-33-70(72)74)51-38-43-62-61-24-5-11-31-68(61)76(71(62)46-51)55-19-14-17-50(45-55)49-16-13-18-54(44-49)75-66-29-9-3-22-59(66)60-23-4-10-30-67(60)75/h1-46H. The number of benzene rings is 12. The maximum Gasteiger partial charge on any atom is 0.0547 e. The second-order valence-corrected chi connectivity index (χ2v) is 20.1. The number of hydrogen-bond donors (Lipinski definition) is 0. The highest BCUT2D eigenvalue weighted by Gasteiger charge is 2.20. The fourth-order valence-corrected chi connectivity index (χ4v) is 12.6. The summed E-state index contributed by atoms with van der Waals surface area (Å²) in [7, 11) is 0. The van der Waals surface area contributed by atoms with Gasteiger partial charge < -0.3 is 18.3 Å². The largest absolute Gasteiger partial charge is 0.309 e. The molecular weight excluding hydrogens is 921 g/mol. The van der Waals surface area contributed by atoms with Gasteiger partial charge in [-0.05, 0) is 130 Å². The van der Waals surface area contributed by atoms with Crippen LogP contribution in [0.3, 0.4) is 0 Å². The van der Waals surface area contributed by atoms with Gasteiger partial charge in [0.25, 0.3) is 0 Å². The average Bonchev–Trinajstić information content (AvgIpc) is 4.26. The zero-order chi connectivity index (χ0) is 49.8. The van der Waals surface area contributed by atoms with Crippen molar-refractivity contribution in [3.63, 3.8) is 0 Å². The number of rotatable bonds is 7. The van der Waals surface area contributed by atoms with E-state index in [0.29, 0.717) is 0 Å². The molecule has 4 heterocycles. The lowest BCUT2D eigenvalue weighted by atomic mass is 9.98. The molecule has 354 valence electrons. The zero-order valence-corrected chi connectivity index (χ0v) is 41.3. The van der Waals surface area contributed by atoms with E-state index in [1.807, 2.05) is 0 Å². The van der Waals surface area contributed by atoms with E-state index in [1.165, 1.54) is 121 Å². The fourth-order valence-electron chi connectivity index (χ4n) is 12.6. The average molecular weight is 967 g/mol. The Kier molecular flexibility index (Phi) is 9.30. The van der Waals surface area contributed by atoms with Gasteiger partial charge in [-0.1, -0.05) is 182 Å². The number of nitrogens with zero attached hydrogens (tertiary/aromatic N) is 4. The van der Waals surface area contributed by atoms with Gasteiger partial charge in [-0.2, -0.15) is 0 Å². The van der Waals surface area contributed by atoms with Crippen LogP contribution in [0.25, 0.3) is 143 Å². The van der Waals surface area contributed by atoms with Crippen LogP contribution < -0.4 is 0 Å². The van der Waals surface area contributed by atoms with Gasteiger partial charge in [-0.3, -0.25) is 0 Å². The molecule has 0 saturated heterocycles. The van der Waals surface area contributed by atoms with Crippen molar-refractivity contribution >= 4 is 87.2 Å². The molecule has 76 heavy (non-hydrogen) atoms. The van der Waals surface area contributed by atoms with Gasteiger partial charge in [0.2, 0.25) is 0 Å². The zero-order valence-electron chi connectivity index (χ0n) is 41.3. The first-order chi connectivity index (χ1) is 37.7. The minimum atomic E-state index is 1.13. The Bertz CT molecular complexity index is 4880. The molecule has 0 aliphatic heterocycles. The van der Waals surface area contributed by atoms with Gasteiger partial charge in [0, 0.05) is 65.8 Å². The highest BCUT2D eigenvalue weighted by Crippen LogP contribution is 2.42. The number of aromatic nitrogens is 4. The Hall–Kier alpha value is -10.2. The first-order valence-electron chi connectivity index (χ1n) is 26.2. The maximum atomic E-state index is 2.46. The molecule has 0 aliphatic carbocycles. The van der Waals surface area contributed by atoms with E-state index in [2.05, 4.69) is 297 Å². The molecule has 12 aromatic carbocycles. The summed E-state index contributed by atoms with van der Waals surface area (Å²) in [6, 6.07) is 102. The van der Waals surface area contributed by atoms with Crippen LogP contribution in [0.5, 0.6) is 0 Å². The van der Waals surface area contributed by atoms with Crippen molar-refractivity contribution < 1.29 is 0 Å². The topological polar surface area (TPSA) is 19.7 Å². The molecule has 16 aromatic rings. The molecule has 0 unspecified atom stereocenters. The predicted molar refractivity (Wildman–Crippen MR) is 320 cm³/mol. The molecule has 0 spiro atoms. The highest BCUT2D eigenvalue weighted by molar-refractivity contribution is 6.17. The Morgan fingerprint density at radius 2 is 0.500 bits per heavy atom. The summed E-state index contributed by atoms with van der Waals surface area (Å²) in [6.07, 6.45) is 0. The van der Waals surface area contributed by atoms with Crippen molar-refractivity contribution in [1.82, 2.24) is 18.3 Å².